The van der Waals surface area contributed by atoms with E-state index in [4.69, 9.17) is 23.7 Å². The highest BCUT2D eigenvalue weighted by Crippen LogP contribution is 2.67. The monoisotopic (exact) mass is 924 g/mol. The van der Waals surface area contributed by atoms with Gasteiger partial charge < -0.3 is 28.6 Å². The zero-order valence-corrected chi connectivity index (χ0v) is 44.1. The molecule has 66 heavy (non-hydrogen) atoms. The van der Waals surface area contributed by atoms with Crippen LogP contribution in [0.2, 0.25) is 0 Å². The molecule has 3 saturated carbocycles. The summed E-state index contributed by atoms with van der Waals surface area (Å²) in [6, 6.07) is 0. The number of unbranched alkanes of at least 4 members (excludes halogenated alkanes) is 12. The first-order valence-corrected chi connectivity index (χ1v) is 28.7. The molecule has 0 aromatic rings. The summed E-state index contributed by atoms with van der Waals surface area (Å²) in [6.07, 6.45) is 44.2. The Kier molecular flexibility index (Phi) is 26.3. The van der Waals surface area contributed by atoms with Crippen molar-refractivity contribution in [3.63, 3.8) is 0 Å². The maximum atomic E-state index is 12.7. The molecule has 0 amide bonds. The number of rotatable bonds is 35. The zero-order chi connectivity index (χ0) is 46.9. The van der Waals surface area contributed by atoms with Crippen molar-refractivity contribution < 1.29 is 28.5 Å². The molecule has 1 aliphatic heterocycles. The van der Waals surface area contributed by atoms with Crippen molar-refractivity contribution in [2.24, 2.45) is 46.3 Å². The van der Waals surface area contributed by atoms with Gasteiger partial charge in [0.25, 0.3) is 0 Å². The summed E-state index contributed by atoms with van der Waals surface area (Å²) < 4.78 is 30.1. The van der Waals surface area contributed by atoms with Gasteiger partial charge in [0.2, 0.25) is 0 Å². The molecule has 4 fully saturated rings. The Bertz CT molecular complexity index is 1360. The Morgan fingerprint density at radius 1 is 0.742 bits per heavy atom. The maximum absolute atomic E-state index is 12.7. The van der Waals surface area contributed by atoms with Crippen molar-refractivity contribution in [1.29, 1.82) is 0 Å². The average molecular weight is 924 g/mol. The van der Waals surface area contributed by atoms with Gasteiger partial charge in [-0.3, -0.25) is 0 Å². The minimum atomic E-state index is -0.290. The third-order valence-corrected chi connectivity index (χ3v) is 17.8. The molecule has 5 rings (SSSR count). The van der Waals surface area contributed by atoms with E-state index in [1.165, 1.54) is 161 Å². The first-order valence-electron chi connectivity index (χ1n) is 28.7. The van der Waals surface area contributed by atoms with Crippen LogP contribution in [0.15, 0.2) is 23.8 Å². The third kappa shape index (κ3) is 18.5. The molecule has 0 aromatic carbocycles. The lowest BCUT2D eigenvalue weighted by atomic mass is 9.47. The van der Waals surface area contributed by atoms with E-state index >= 15 is 0 Å². The van der Waals surface area contributed by atoms with Crippen LogP contribution in [0.3, 0.4) is 0 Å². The lowest BCUT2D eigenvalue weighted by Crippen LogP contribution is -2.51. The minimum Gasteiger partial charge on any atom is -0.462 e. The maximum Gasteiger partial charge on any atom is 0.332 e. The van der Waals surface area contributed by atoms with E-state index < -0.39 is 0 Å². The predicted molar refractivity (Wildman–Crippen MR) is 275 cm³/mol. The molecule has 0 aromatic heterocycles. The van der Waals surface area contributed by atoms with Gasteiger partial charge in [0.1, 0.15) is 13.2 Å². The predicted octanol–water partition coefficient (Wildman–Crippen LogP) is 14.9. The van der Waals surface area contributed by atoms with Crippen LogP contribution in [0.5, 0.6) is 0 Å². The van der Waals surface area contributed by atoms with Crippen LogP contribution in [-0.2, 0) is 28.5 Å². The average Bonchev–Trinajstić information content (AvgIpc) is 3.67. The van der Waals surface area contributed by atoms with Gasteiger partial charge in [0.05, 0.1) is 38.6 Å². The number of piperidine rings is 1. The number of esters is 1. The van der Waals surface area contributed by atoms with Crippen LogP contribution >= 0.6 is 0 Å². The Hall–Kier alpha value is -1.25. The van der Waals surface area contributed by atoms with E-state index in [0.29, 0.717) is 31.8 Å². The fraction of sp³-hybridized carbons (Fsp3) is 0.915. The van der Waals surface area contributed by atoms with Crippen molar-refractivity contribution in [2.75, 3.05) is 65.9 Å². The second kappa shape index (κ2) is 31.2. The second-order valence-corrected chi connectivity index (χ2v) is 23.2. The molecule has 4 aliphatic carbocycles. The van der Waals surface area contributed by atoms with Gasteiger partial charge in [-0.2, -0.15) is 0 Å². The van der Waals surface area contributed by atoms with E-state index in [0.717, 1.165) is 81.0 Å². The minimum absolute atomic E-state index is 0.0242. The first-order chi connectivity index (χ1) is 32.1. The largest absolute Gasteiger partial charge is 0.462 e. The van der Waals surface area contributed by atoms with E-state index in [9.17, 15) is 4.79 Å². The van der Waals surface area contributed by atoms with Gasteiger partial charge in [0, 0.05) is 13.2 Å². The molecular weight excluding hydrogens is 819 g/mol. The molecule has 1 unspecified atom stereocenters. The Labute approximate surface area is 407 Å². The van der Waals surface area contributed by atoms with Crippen LogP contribution in [0.4, 0.5) is 0 Å². The number of allylic oxidation sites excluding steroid dienone is 3. The number of likely N-dealkylation sites (tertiary alicyclic amines) is 1. The number of ether oxygens (including phenoxy) is 5. The molecule has 0 N–H and O–H groups in total. The molecule has 382 valence electrons. The smallest absolute Gasteiger partial charge is 0.332 e. The molecule has 7 nitrogen and oxygen atoms in total. The van der Waals surface area contributed by atoms with Crippen molar-refractivity contribution >= 4 is 5.97 Å². The SMILES string of the molecule is CCCCCCCC/C=C\CCCCCCCCOCC(CN1CCCCC1)OCCOCCOC(=O)CO[C@H]1CC[C@@]2(C)C(=CC[C@H]3[C@@H]4CC[C@H]([C@H](C)CCCC(C)C)[C@@]4(C)CC[C@@H]32)C1. The van der Waals surface area contributed by atoms with Gasteiger partial charge in [0.15, 0.2) is 0 Å². The van der Waals surface area contributed by atoms with Crippen molar-refractivity contribution in [3.8, 4) is 0 Å². The highest BCUT2D eigenvalue weighted by Gasteiger charge is 2.59. The number of hydrogen-bond acceptors (Lipinski definition) is 7. The fourth-order valence-corrected chi connectivity index (χ4v) is 13.9. The topological polar surface area (TPSA) is 66.5 Å². The summed E-state index contributed by atoms with van der Waals surface area (Å²) in [7, 11) is 0. The molecule has 5 aliphatic rings. The fourth-order valence-electron chi connectivity index (χ4n) is 13.9. The number of fused-ring (bicyclic) bond motifs is 5. The Morgan fingerprint density at radius 3 is 2.20 bits per heavy atom. The normalized spacial score (nSPS) is 28.8. The van der Waals surface area contributed by atoms with Crippen LogP contribution < -0.4 is 0 Å². The molecule has 0 radical (unpaired) electrons. The second-order valence-electron chi connectivity index (χ2n) is 23.2. The number of nitrogens with zero attached hydrogens (tertiary/aromatic N) is 1. The molecule has 0 spiro atoms. The lowest BCUT2D eigenvalue weighted by Gasteiger charge is -2.58. The van der Waals surface area contributed by atoms with Crippen LogP contribution in [0.1, 0.15) is 221 Å². The van der Waals surface area contributed by atoms with Gasteiger partial charge in [-0.1, -0.05) is 149 Å². The summed E-state index contributed by atoms with van der Waals surface area (Å²) in [6.45, 7) is 21.2. The molecule has 7 heteroatoms. The summed E-state index contributed by atoms with van der Waals surface area (Å²) in [5, 5.41) is 0. The van der Waals surface area contributed by atoms with Crippen molar-refractivity contribution in [2.45, 2.75) is 234 Å². The number of carbonyl (C=O) groups is 1. The molecular formula is C59H105NO6. The van der Waals surface area contributed by atoms with Crippen LogP contribution in [0, 0.1) is 46.3 Å². The van der Waals surface area contributed by atoms with E-state index in [2.05, 4.69) is 64.7 Å². The number of carbonyl (C=O) groups excluding carboxylic acids is 1. The van der Waals surface area contributed by atoms with Gasteiger partial charge in [-0.15, -0.1) is 0 Å². The molecule has 9 atom stereocenters. The summed E-state index contributed by atoms with van der Waals surface area (Å²) in [5.41, 5.74) is 2.42. The first kappa shape index (κ1) is 55.7. The summed E-state index contributed by atoms with van der Waals surface area (Å²) in [4.78, 5) is 15.3. The quantitative estimate of drug-likeness (QED) is 0.0356. The van der Waals surface area contributed by atoms with Crippen LogP contribution in [0.25, 0.3) is 0 Å². The van der Waals surface area contributed by atoms with E-state index in [-0.39, 0.29) is 36.8 Å². The van der Waals surface area contributed by atoms with E-state index in [1.54, 1.807) is 5.57 Å². The molecule has 0 bridgehead atoms. The zero-order valence-electron chi connectivity index (χ0n) is 44.1. The van der Waals surface area contributed by atoms with E-state index in [1.807, 2.05) is 0 Å². The van der Waals surface area contributed by atoms with Gasteiger partial charge in [-0.25, -0.2) is 4.79 Å². The van der Waals surface area contributed by atoms with Gasteiger partial charge in [-0.05, 0) is 156 Å². The molecule has 1 saturated heterocycles. The van der Waals surface area contributed by atoms with Gasteiger partial charge >= 0.3 is 5.97 Å². The highest BCUT2D eigenvalue weighted by molar-refractivity contribution is 5.70. The summed E-state index contributed by atoms with van der Waals surface area (Å²) >= 11 is 0. The standard InChI is InChI=1S/C59H105NO6/c1-7-8-9-10-11-12-13-14-15-16-17-18-19-20-21-25-39-63-46-52(45-60-37-23-22-24-38-60)64-42-40-62-41-43-65-57(61)47-66-51-33-35-58(5)50(44-51)29-30-53-55-32-31-54(49(4)28-26-27-48(2)3)59(55,6)36-34-56(53)58/h14-15,29,48-49,51-56H,7-13,16-28,30-47H2,1-6H3/b15-14-/t49-,51+,52?,53+,54-,55+,56+,58+,59-/m1/s1. The number of hydrogen-bond donors (Lipinski definition) is 0. The lowest BCUT2D eigenvalue weighted by molar-refractivity contribution is -0.153. The van der Waals surface area contributed by atoms with Crippen molar-refractivity contribution in [3.05, 3.63) is 23.8 Å². The summed E-state index contributed by atoms with van der Waals surface area (Å²) in [5.74, 6) is 4.80. The van der Waals surface area contributed by atoms with Crippen molar-refractivity contribution in [1.82, 2.24) is 4.90 Å². The highest BCUT2D eigenvalue weighted by atomic mass is 16.6. The molecule has 1 heterocycles. The van der Waals surface area contributed by atoms with Crippen LogP contribution in [-0.4, -0.2) is 89.0 Å². The third-order valence-electron chi connectivity index (χ3n) is 17.8. The Balaban J connectivity index is 0.886. The Morgan fingerprint density at radius 2 is 1.45 bits per heavy atom.